The SMILES string of the molecule is CC(CC(=O)O)C(=O)NC1CCN(C(=O)C=Cc2cncc3ccccc23)CC1. The van der Waals surface area contributed by atoms with Crippen molar-refractivity contribution in [1.29, 1.82) is 0 Å². The molecule has 1 unspecified atom stereocenters. The van der Waals surface area contributed by atoms with Crippen molar-refractivity contribution in [3.05, 3.63) is 48.3 Å². The smallest absolute Gasteiger partial charge is 0.304 e. The number of aliphatic carboxylic acids is 1. The van der Waals surface area contributed by atoms with Crippen molar-refractivity contribution in [2.45, 2.75) is 32.2 Å². The van der Waals surface area contributed by atoms with Crippen LogP contribution in [-0.2, 0) is 14.4 Å². The van der Waals surface area contributed by atoms with E-state index in [0.29, 0.717) is 25.9 Å². The highest BCUT2D eigenvalue weighted by molar-refractivity contribution is 5.96. The minimum Gasteiger partial charge on any atom is -0.481 e. The number of carbonyl (C=O) groups excluding carboxylic acids is 2. The Labute approximate surface area is 169 Å². The van der Waals surface area contributed by atoms with Gasteiger partial charge in [-0.3, -0.25) is 19.4 Å². The Kier molecular flexibility index (Phi) is 6.59. The maximum Gasteiger partial charge on any atom is 0.304 e. The van der Waals surface area contributed by atoms with E-state index in [9.17, 15) is 14.4 Å². The fourth-order valence-corrected chi connectivity index (χ4v) is 3.48. The lowest BCUT2D eigenvalue weighted by molar-refractivity contribution is -0.141. The molecule has 1 atom stereocenters. The predicted octanol–water partition coefficient (Wildman–Crippen LogP) is 2.47. The van der Waals surface area contributed by atoms with E-state index in [1.807, 2.05) is 24.3 Å². The molecule has 1 saturated heterocycles. The molecule has 3 rings (SSSR count). The number of nitrogens with one attached hydrogen (secondary N) is 1. The van der Waals surface area contributed by atoms with Crippen LogP contribution in [0.1, 0.15) is 31.7 Å². The second kappa shape index (κ2) is 9.32. The molecule has 0 bridgehead atoms. The number of piperidine rings is 1. The zero-order chi connectivity index (χ0) is 20.8. The normalized spacial score (nSPS) is 16.1. The largest absolute Gasteiger partial charge is 0.481 e. The van der Waals surface area contributed by atoms with Crippen molar-refractivity contribution in [2.75, 3.05) is 13.1 Å². The standard InChI is InChI=1S/C22H25N3O4/c1-15(12-21(27)28)22(29)24-18-8-10-25(11-9-18)20(26)7-6-17-14-23-13-16-4-2-3-5-19(16)17/h2-7,13-15,18H,8-12H2,1H3,(H,24,29)(H,27,28). The summed E-state index contributed by atoms with van der Waals surface area (Å²) < 4.78 is 0. The first-order valence-corrected chi connectivity index (χ1v) is 9.76. The van der Waals surface area contributed by atoms with Crippen LogP contribution in [-0.4, -0.2) is 51.9 Å². The van der Waals surface area contributed by atoms with Gasteiger partial charge in [-0.15, -0.1) is 0 Å². The molecule has 29 heavy (non-hydrogen) atoms. The number of carboxylic acids is 1. The third-order valence-corrected chi connectivity index (χ3v) is 5.19. The molecule has 7 heteroatoms. The summed E-state index contributed by atoms with van der Waals surface area (Å²) in [6.07, 6.45) is 8.02. The average molecular weight is 395 g/mol. The number of likely N-dealkylation sites (tertiary alicyclic amines) is 1. The summed E-state index contributed by atoms with van der Waals surface area (Å²) in [6.45, 7) is 2.71. The molecular weight excluding hydrogens is 370 g/mol. The van der Waals surface area contributed by atoms with Crippen LogP contribution in [0.25, 0.3) is 16.8 Å². The summed E-state index contributed by atoms with van der Waals surface area (Å²) in [5, 5.41) is 13.8. The lowest BCUT2D eigenvalue weighted by Gasteiger charge is -2.32. The van der Waals surface area contributed by atoms with Crippen LogP contribution in [0.2, 0.25) is 0 Å². The molecule has 2 amide bonds. The number of rotatable bonds is 6. The second-order valence-corrected chi connectivity index (χ2v) is 7.39. The topological polar surface area (TPSA) is 99.6 Å². The van der Waals surface area contributed by atoms with Gasteiger partial charge in [-0.2, -0.15) is 0 Å². The van der Waals surface area contributed by atoms with E-state index < -0.39 is 11.9 Å². The zero-order valence-corrected chi connectivity index (χ0v) is 16.4. The number of nitrogens with zero attached hydrogens (tertiary/aromatic N) is 2. The monoisotopic (exact) mass is 395 g/mol. The first-order chi connectivity index (χ1) is 13.9. The van der Waals surface area contributed by atoms with E-state index in [2.05, 4.69) is 10.3 Å². The number of fused-ring (bicyclic) bond motifs is 1. The van der Waals surface area contributed by atoms with Gasteiger partial charge in [0.05, 0.1) is 6.42 Å². The molecule has 1 aliphatic rings. The summed E-state index contributed by atoms with van der Waals surface area (Å²) in [6, 6.07) is 7.86. The highest BCUT2D eigenvalue weighted by Gasteiger charge is 2.25. The lowest BCUT2D eigenvalue weighted by Crippen LogP contribution is -2.47. The molecule has 2 heterocycles. The van der Waals surface area contributed by atoms with Crippen LogP contribution in [0.4, 0.5) is 0 Å². The molecule has 1 aromatic heterocycles. The van der Waals surface area contributed by atoms with Crippen molar-refractivity contribution in [3.63, 3.8) is 0 Å². The summed E-state index contributed by atoms with van der Waals surface area (Å²) in [7, 11) is 0. The molecule has 2 N–H and O–H groups in total. The van der Waals surface area contributed by atoms with Gasteiger partial charge in [0, 0.05) is 54.5 Å². The summed E-state index contributed by atoms with van der Waals surface area (Å²) >= 11 is 0. The molecule has 1 aliphatic heterocycles. The number of carbonyl (C=O) groups is 3. The molecule has 1 fully saturated rings. The van der Waals surface area contributed by atoms with Gasteiger partial charge in [0.2, 0.25) is 11.8 Å². The van der Waals surface area contributed by atoms with Gasteiger partial charge in [-0.1, -0.05) is 31.2 Å². The van der Waals surface area contributed by atoms with Crippen molar-refractivity contribution < 1.29 is 19.5 Å². The Balaban J connectivity index is 1.53. The number of benzene rings is 1. The lowest BCUT2D eigenvalue weighted by atomic mass is 10.0. The van der Waals surface area contributed by atoms with Gasteiger partial charge >= 0.3 is 5.97 Å². The van der Waals surface area contributed by atoms with Crippen molar-refractivity contribution in [3.8, 4) is 0 Å². The quantitative estimate of drug-likeness (QED) is 0.732. The first-order valence-electron chi connectivity index (χ1n) is 9.76. The van der Waals surface area contributed by atoms with Gasteiger partial charge in [0.1, 0.15) is 0 Å². The Morgan fingerprint density at radius 1 is 1.24 bits per heavy atom. The van der Waals surface area contributed by atoms with E-state index in [1.165, 1.54) is 0 Å². The average Bonchev–Trinajstić information content (AvgIpc) is 2.72. The highest BCUT2D eigenvalue weighted by atomic mass is 16.4. The molecule has 1 aromatic carbocycles. The van der Waals surface area contributed by atoms with Crippen molar-refractivity contribution in [2.24, 2.45) is 5.92 Å². The zero-order valence-electron chi connectivity index (χ0n) is 16.4. The Bertz CT molecular complexity index is 927. The fraction of sp³-hybridized carbons (Fsp3) is 0.364. The number of carboxylic acid groups (broad SMARTS) is 1. The Morgan fingerprint density at radius 2 is 1.97 bits per heavy atom. The minimum atomic E-state index is -0.985. The van der Waals surface area contributed by atoms with E-state index >= 15 is 0 Å². The Morgan fingerprint density at radius 3 is 2.69 bits per heavy atom. The first kappa shape index (κ1) is 20.5. The number of hydrogen-bond donors (Lipinski definition) is 2. The van der Waals surface area contributed by atoms with Crippen molar-refractivity contribution in [1.82, 2.24) is 15.2 Å². The van der Waals surface area contributed by atoms with E-state index in [4.69, 9.17) is 5.11 Å². The van der Waals surface area contributed by atoms with E-state index in [-0.39, 0.29) is 24.3 Å². The molecule has 0 spiro atoms. The maximum absolute atomic E-state index is 12.5. The van der Waals surface area contributed by atoms with E-state index in [0.717, 1.165) is 16.3 Å². The van der Waals surface area contributed by atoms with Crippen molar-refractivity contribution >= 4 is 34.6 Å². The number of aromatic nitrogens is 1. The van der Waals surface area contributed by atoms with Gasteiger partial charge in [-0.05, 0) is 24.3 Å². The van der Waals surface area contributed by atoms with Gasteiger partial charge < -0.3 is 15.3 Å². The maximum atomic E-state index is 12.5. The van der Waals surface area contributed by atoms with Crippen LogP contribution in [0, 0.1) is 5.92 Å². The molecule has 0 saturated carbocycles. The molecular formula is C22H25N3O4. The Hall–Kier alpha value is -3.22. The summed E-state index contributed by atoms with van der Waals surface area (Å²) in [4.78, 5) is 41.3. The highest BCUT2D eigenvalue weighted by Crippen LogP contribution is 2.19. The van der Waals surface area contributed by atoms with Gasteiger partial charge in [0.15, 0.2) is 0 Å². The summed E-state index contributed by atoms with van der Waals surface area (Å²) in [5.74, 6) is -1.87. The van der Waals surface area contributed by atoms with E-state index in [1.54, 1.807) is 36.4 Å². The minimum absolute atomic E-state index is 0.0333. The van der Waals surface area contributed by atoms with Crippen LogP contribution in [0.3, 0.4) is 0 Å². The molecule has 7 nitrogen and oxygen atoms in total. The van der Waals surface area contributed by atoms with Crippen LogP contribution in [0.5, 0.6) is 0 Å². The molecule has 0 aliphatic carbocycles. The van der Waals surface area contributed by atoms with Gasteiger partial charge in [-0.25, -0.2) is 0 Å². The van der Waals surface area contributed by atoms with Crippen LogP contribution in [0.15, 0.2) is 42.7 Å². The fourth-order valence-electron chi connectivity index (χ4n) is 3.48. The molecule has 0 radical (unpaired) electrons. The number of pyridine rings is 1. The number of amides is 2. The van der Waals surface area contributed by atoms with Crippen LogP contribution >= 0.6 is 0 Å². The second-order valence-electron chi connectivity index (χ2n) is 7.39. The summed E-state index contributed by atoms with van der Waals surface area (Å²) in [5.41, 5.74) is 0.894. The van der Waals surface area contributed by atoms with Gasteiger partial charge in [0.25, 0.3) is 0 Å². The number of hydrogen-bond acceptors (Lipinski definition) is 4. The predicted molar refractivity (Wildman–Crippen MR) is 110 cm³/mol. The van der Waals surface area contributed by atoms with Crippen LogP contribution < -0.4 is 5.32 Å². The third-order valence-electron chi connectivity index (χ3n) is 5.19. The molecule has 2 aromatic rings. The molecule has 152 valence electrons. The third kappa shape index (κ3) is 5.40.